The molecule has 0 spiro atoms. The fourth-order valence-corrected chi connectivity index (χ4v) is 1.74. The zero-order valence-electron chi connectivity index (χ0n) is 10.1. The van der Waals surface area contributed by atoms with Gasteiger partial charge < -0.3 is 10.5 Å². The molecule has 0 aliphatic heterocycles. The van der Waals surface area contributed by atoms with Gasteiger partial charge in [-0.2, -0.15) is 0 Å². The average molecular weight is 237 g/mol. The summed E-state index contributed by atoms with van der Waals surface area (Å²) in [4.78, 5) is 0.493. The minimum absolute atomic E-state index is 0.0277. The molecule has 88 valence electrons. The topological polar surface area (TPSA) is 35.2 Å². The second-order valence-electron chi connectivity index (χ2n) is 4.33. The van der Waals surface area contributed by atoms with Crippen LogP contribution in [0.1, 0.15) is 38.7 Å². The lowest BCUT2D eigenvalue weighted by Gasteiger charge is -2.15. The van der Waals surface area contributed by atoms with Crippen molar-refractivity contribution in [3.63, 3.8) is 0 Å². The maximum absolute atomic E-state index is 5.75. The maximum Gasteiger partial charge on any atom is 0.120 e. The van der Waals surface area contributed by atoms with Gasteiger partial charge in [-0.3, -0.25) is 0 Å². The molecule has 0 fully saturated rings. The van der Waals surface area contributed by atoms with Gasteiger partial charge in [0, 0.05) is 6.42 Å². The molecule has 0 bridgehead atoms. The predicted octanol–water partition coefficient (Wildman–Crippen LogP) is 3.25. The van der Waals surface area contributed by atoms with Crippen LogP contribution < -0.4 is 10.5 Å². The maximum atomic E-state index is 5.75. The molecule has 2 N–H and O–H groups in total. The molecule has 0 aliphatic rings. The highest BCUT2D eigenvalue weighted by molar-refractivity contribution is 7.80. The van der Waals surface area contributed by atoms with Crippen LogP contribution in [0.3, 0.4) is 0 Å². The zero-order valence-corrected chi connectivity index (χ0v) is 10.9. The lowest BCUT2D eigenvalue weighted by molar-refractivity contribution is 0.230. The largest absolute Gasteiger partial charge is 0.490 e. The van der Waals surface area contributed by atoms with Crippen LogP contribution in [-0.4, -0.2) is 11.1 Å². The van der Waals surface area contributed by atoms with Crippen molar-refractivity contribution in [2.45, 2.75) is 39.2 Å². The summed E-state index contributed by atoms with van der Waals surface area (Å²) in [6.45, 7) is 6.30. The summed E-state index contributed by atoms with van der Waals surface area (Å²) in [5, 5.41) is 0. The monoisotopic (exact) mass is 237 g/mol. The molecule has 1 aromatic carbocycles. The van der Waals surface area contributed by atoms with E-state index in [0.717, 1.165) is 5.75 Å². The molecule has 1 atom stereocenters. The third kappa shape index (κ3) is 4.19. The first kappa shape index (κ1) is 13.0. The first-order chi connectivity index (χ1) is 7.49. The Morgan fingerprint density at radius 1 is 1.38 bits per heavy atom. The van der Waals surface area contributed by atoms with E-state index in [1.807, 2.05) is 19.1 Å². The minimum atomic E-state index is 0.0277. The standard InChI is InChI=1S/C13H19NOS/c1-9(2)11-5-4-6-12(8-11)15-10(3)7-13(14)16/h4-6,8-10H,7H2,1-3H3,(H2,14,16). The van der Waals surface area contributed by atoms with Gasteiger partial charge in [0.25, 0.3) is 0 Å². The molecule has 0 heterocycles. The molecule has 0 radical (unpaired) electrons. The Hall–Kier alpha value is -1.09. The molecular weight excluding hydrogens is 218 g/mol. The highest BCUT2D eigenvalue weighted by atomic mass is 32.1. The quantitative estimate of drug-likeness (QED) is 0.798. The molecule has 16 heavy (non-hydrogen) atoms. The lowest BCUT2D eigenvalue weighted by Crippen LogP contribution is -2.20. The van der Waals surface area contributed by atoms with E-state index in [9.17, 15) is 0 Å². The van der Waals surface area contributed by atoms with Crippen molar-refractivity contribution >= 4 is 17.2 Å². The molecule has 0 saturated heterocycles. The van der Waals surface area contributed by atoms with E-state index in [2.05, 4.69) is 26.0 Å². The van der Waals surface area contributed by atoms with Crippen molar-refractivity contribution in [3.8, 4) is 5.75 Å². The van der Waals surface area contributed by atoms with Crippen LogP contribution in [0.5, 0.6) is 5.75 Å². The van der Waals surface area contributed by atoms with E-state index in [1.165, 1.54) is 5.56 Å². The van der Waals surface area contributed by atoms with Gasteiger partial charge in [0.1, 0.15) is 11.9 Å². The summed E-state index contributed by atoms with van der Waals surface area (Å²) in [6, 6.07) is 8.15. The van der Waals surface area contributed by atoms with Gasteiger partial charge >= 0.3 is 0 Å². The summed E-state index contributed by atoms with van der Waals surface area (Å²) in [6.07, 6.45) is 0.640. The van der Waals surface area contributed by atoms with Gasteiger partial charge in [0.05, 0.1) is 4.99 Å². The van der Waals surface area contributed by atoms with Gasteiger partial charge in [-0.15, -0.1) is 0 Å². The SMILES string of the molecule is CC(CC(N)=S)Oc1cccc(C(C)C)c1. The number of ether oxygens (including phenoxy) is 1. The van der Waals surface area contributed by atoms with Gasteiger partial charge in [-0.1, -0.05) is 38.2 Å². The predicted molar refractivity (Wildman–Crippen MR) is 72.0 cm³/mol. The summed E-state index contributed by atoms with van der Waals surface area (Å²) < 4.78 is 5.75. The zero-order chi connectivity index (χ0) is 12.1. The number of hydrogen-bond donors (Lipinski definition) is 1. The van der Waals surface area contributed by atoms with Gasteiger partial charge in [0.15, 0.2) is 0 Å². The summed E-state index contributed by atoms with van der Waals surface area (Å²) in [5.41, 5.74) is 6.75. The molecule has 1 unspecified atom stereocenters. The van der Waals surface area contributed by atoms with Crippen LogP contribution in [0.2, 0.25) is 0 Å². The highest BCUT2D eigenvalue weighted by Crippen LogP contribution is 2.21. The molecule has 2 nitrogen and oxygen atoms in total. The first-order valence-corrected chi connectivity index (χ1v) is 5.94. The second kappa shape index (κ2) is 5.85. The van der Waals surface area contributed by atoms with E-state index in [-0.39, 0.29) is 6.10 Å². The molecule has 1 rings (SSSR count). The highest BCUT2D eigenvalue weighted by Gasteiger charge is 2.06. The van der Waals surface area contributed by atoms with Gasteiger partial charge in [0.2, 0.25) is 0 Å². The first-order valence-electron chi connectivity index (χ1n) is 5.54. The van der Waals surface area contributed by atoms with E-state index < -0.39 is 0 Å². The third-order valence-corrected chi connectivity index (χ3v) is 2.52. The fourth-order valence-electron chi connectivity index (χ4n) is 1.50. The van der Waals surface area contributed by atoms with Crippen LogP contribution in [0.25, 0.3) is 0 Å². The number of rotatable bonds is 5. The van der Waals surface area contributed by atoms with Crippen molar-refractivity contribution in [2.75, 3.05) is 0 Å². The van der Waals surface area contributed by atoms with Crippen LogP contribution in [0.4, 0.5) is 0 Å². The summed E-state index contributed by atoms with van der Waals surface area (Å²) >= 11 is 4.85. The average Bonchev–Trinajstić information content (AvgIpc) is 2.16. The Bertz CT molecular complexity index is 363. The Labute approximate surface area is 103 Å². The Balaban J connectivity index is 2.66. The molecule has 0 aromatic heterocycles. The number of hydrogen-bond acceptors (Lipinski definition) is 2. The molecule has 0 saturated carbocycles. The van der Waals surface area contributed by atoms with Crippen molar-refractivity contribution in [3.05, 3.63) is 29.8 Å². The minimum Gasteiger partial charge on any atom is -0.490 e. The van der Waals surface area contributed by atoms with E-state index >= 15 is 0 Å². The van der Waals surface area contributed by atoms with Gasteiger partial charge in [-0.25, -0.2) is 0 Å². The Morgan fingerprint density at radius 3 is 2.62 bits per heavy atom. The van der Waals surface area contributed by atoms with Crippen molar-refractivity contribution in [1.82, 2.24) is 0 Å². The second-order valence-corrected chi connectivity index (χ2v) is 4.85. The van der Waals surface area contributed by atoms with Crippen LogP contribution in [0, 0.1) is 0 Å². The molecule has 3 heteroatoms. The molecule has 0 amide bonds. The summed E-state index contributed by atoms with van der Waals surface area (Å²) in [5.74, 6) is 1.39. The normalized spacial score (nSPS) is 12.5. The molecule has 0 aliphatic carbocycles. The van der Waals surface area contributed by atoms with E-state index in [4.69, 9.17) is 22.7 Å². The smallest absolute Gasteiger partial charge is 0.120 e. The Morgan fingerprint density at radius 2 is 2.06 bits per heavy atom. The molecular formula is C13H19NOS. The Kier molecular flexibility index (Phi) is 4.74. The van der Waals surface area contributed by atoms with E-state index in [1.54, 1.807) is 0 Å². The lowest BCUT2D eigenvalue weighted by atomic mass is 10.0. The van der Waals surface area contributed by atoms with Crippen LogP contribution in [-0.2, 0) is 0 Å². The number of thiocarbonyl (C=S) groups is 1. The van der Waals surface area contributed by atoms with Crippen molar-refractivity contribution in [2.24, 2.45) is 5.73 Å². The fraction of sp³-hybridized carbons (Fsp3) is 0.462. The van der Waals surface area contributed by atoms with E-state index in [0.29, 0.717) is 17.3 Å². The van der Waals surface area contributed by atoms with Crippen molar-refractivity contribution in [1.29, 1.82) is 0 Å². The van der Waals surface area contributed by atoms with Crippen molar-refractivity contribution < 1.29 is 4.74 Å². The summed E-state index contributed by atoms with van der Waals surface area (Å²) in [7, 11) is 0. The number of nitrogens with two attached hydrogens (primary N) is 1. The third-order valence-electron chi connectivity index (χ3n) is 2.35. The molecule has 1 aromatic rings. The van der Waals surface area contributed by atoms with Crippen LogP contribution >= 0.6 is 12.2 Å². The number of benzene rings is 1. The van der Waals surface area contributed by atoms with Crippen LogP contribution in [0.15, 0.2) is 24.3 Å². The van der Waals surface area contributed by atoms with Gasteiger partial charge in [-0.05, 0) is 30.5 Å².